The second-order valence-corrected chi connectivity index (χ2v) is 7.18. The van der Waals surface area contributed by atoms with Crippen LogP contribution in [0, 0.1) is 0 Å². The van der Waals surface area contributed by atoms with Crippen LogP contribution in [-0.2, 0) is 6.42 Å². The standard InChI is InChI=1S/C21H18N8O2/c22-20(31)21-26-27-28-29(21)16-11-12(9-10-23-16)18-19(24-13-5-2-1-3-6-13)17-14(25-18)7-4-8-15(17)30/h1-3,5-6,9-11,24-25H,4,7-8H2,(H2,22,31). The van der Waals surface area contributed by atoms with E-state index in [1.54, 1.807) is 12.3 Å². The van der Waals surface area contributed by atoms with Crippen LogP contribution in [0.1, 0.15) is 39.5 Å². The number of pyridine rings is 1. The van der Waals surface area contributed by atoms with Crippen molar-refractivity contribution in [2.75, 3.05) is 5.32 Å². The number of nitrogens with two attached hydrogens (primary N) is 1. The largest absolute Gasteiger partial charge is 0.363 e. The van der Waals surface area contributed by atoms with Crippen LogP contribution in [0.5, 0.6) is 0 Å². The van der Waals surface area contributed by atoms with Gasteiger partial charge in [0.25, 0.3) is 5.91 Å². The number of hydrogen-bond acceptors (Lipinski definition) is 7. The molecule has 154 valence electrons. The Hall–Kier alpha value is -4.34. The minimum atomic E-state index is -0.760. The Morgan fingerprint density at radius 3 is 2.81 bits per heavy atom. The van der Waals surface area contributed by atoms with Crippen LogP contribution in [0.15, 0.2) is 48.7 Å². The zero-order chi connectivity index (χ0) is 21.4. The third kappa shape index (κ3) is 3.33. The van der Waals surface area contributed by atoms with Gasteiger partial charge < -0.3 is 16.0 Å². The Morgan fingerprint density at radius 1 is 1.16 bits per heavy atom. The molecule has 0 bridgehead atoms. The van der Waals surface area contributed by atoms with Gasteiger partial charge in [-0.3, -0.25) is 9.59 Å². The SMILES string of the molecule is NC(=O)c1nnnn1-c1cc(-c2[nH]c3c(c2Nc2ccccc2)C(=O)CCC3)ccn1. The molecule has 0 saturated heterocycles. The summed E-state index contributed by atoms with van der Waals surface area (Å²) in [5, 5.41) is 14.4. The Morgan fingerprint density at radius 2 is 2.00 bits per heavy atom. The van der Waals surface area contributed by atoms with Gasteiger partial charge in [-0.2, -0.15) is 4.68 Å². The van der Waals surface area contributed by atoms with Crippen molar-refractivity contribution in [3.05, 3.63) is 65.7 Å². The van der Waals surface area contributed by atoms with E-state index < -0.39 is 5.91 Å². The summed E-state index contributed by atoms with van der Waals surface area (Å²) in [6.07, 6.45) is 3.71. The van der Waals surface area contributed by atoms with Crippen molar-refractivity contribution >= 4 is 23.1 Å². The first-order valence-electron chi connectivity index (χ1n) is 9.77. The number of nitrogens with zero attached hydrogens (tertiary/aromatic N) is 5. The lowest BCUT2D eigenvalue weighted by atomic mass is 9.95. The van der Waals surface area contributed by atoms with Crippen LogP contribution in [0.3, 0.4) is 0 Å². The highest BCUT2D eigenvalue weighted by atomic mass is 16.1. The molecule has 10 nitrogen and oxygen atoms in total. The van der Waals surface area contributed by atoms with Crippen molar-refractivity contribution in [1.82, 2.24) is 30.2 Å². The summed E-state index contributed by atoms with van der Waals surface area (Å²) in [7, 11) is 0. The lowest BCUT2D eigenvalue weighted by Gasteiger charge is -2.13. The van der Waals surface area contributed by atoms with E-state index in [-0.39, 0.29) is 11.6 Å². The number of H-pyrrole nitrogens is 1. The minimum Gasteiger partial charge on any atom is -0.363 e. The van der Waals surface area contributed by atoms with Gasteiger partial charge in [0.15, 0.2) is 11.6 Å². The fourth-order valence-electron chi connectivity index (χ4n) is 3.79. The third-order valence-corrected chi connectivity index (χ3v) is 5.17. The topological polar surface area (TPSA) is 144 Å². The van der Waals surface area contributed by atoms with Gasteiger partial charge in [-0.15, -0.1) is 5.10 Å². The first-order chi connectivity index (χ1) is 15.1. The van der Waals surface area contributed by atoms with Crippen LogP contribution in [0.25, 0.3) is 17.1 Å². The highest BCUT2D eigenvalue weighted by Gasteiger charge is 2.27. The number of nitrogens with one attached hydrogen (secondary N) is 2. The minimum absolute atomic E-state index is 0.105. The first kappa shape index (κ1) is 18.7. The summed E-state index contributed by atoms with van der Waals surface area (Å²) in [5.74, 6) is -0.438. The summed E-state index contributed by atoms with van der Waals surface area (Å²) >= 11 is 0. The van der Waals surface area contributed by atoms with Crippen molar-refractivity contribution in [2.45, 2.75) is 19.3 Å². The number of ketones is 1. The molecule has 5 rings (SSSR count). The second kappa shape index (κ2) is 7.48. The number of aromatic nitrogens is 6. The van der Waals surface area contributed by atoms with E-state index in [1.807, 2.05) is 36.4 Å². The van der Waals surface area contributed by atoms with Gasteiger partial charge in [-0.05, 0) is 47.5 Å². The smallest absolute Gasteiger partial charge is 0.288 e. The molecule has 0 spiro atoms. The van der Waals surface area contributed by atoms with Crippen molar-refractivity contribution in [2.24, 2.45) is 5.73 Å². The third-order valence-electron chi connectivity index (χ3n) is 5.17. The highest BCUT2D eigenvalue weighted by Crippen LogP contribution is 2.38. The van der Waals surface area contributed by atoms with Crippen molar-refractivity contribution in [1.29, 1.82) is 0 Å². The zero-order valence-corrected chi connectivity index (χ0v) is 16.4. The summed E-state index contributed by atoms with van der Waals surface area (Å²) in [6, 6.07) is 13.2. The Bertz CT molecular complexity index is 1290. The molecule has 1 aliphatic carbocycles. The lowest BCUT2D eigenvalue weighted by molar-refractivity contribution is 0.0969. The van der Waals surface area contributed by atoms with Crippen molar-refractivity contribution < 1.29 is 9.59 Å². The maximum atomic E-state index is 12.8. The number of fused-ring (bicyclic) bond motifs is 1. The van der Waals surface area contributed by atoms with Gasteiger partial charge in [0.05, 0.1) is 16.9 Å². The summed E-state index contributed by atoms with van der Waals surface area (Å²) in [5.41, 5.74) is 10.0. The Labute approximate surface area is 176 Å². The average Bonchev–Trinajstić information content (AvgIpc) is 3.41. The fourth-order valence-corrected chi connectivity index (χ4v) is 3.79. The number of tetrazole rings is 1. The molecule has 4 aromatic rings. The number of aryl methyl sites for hydroxylation is 1. The second-order valence-electron chi connectivity index (χ2n) is 7.18. The van der Waals surface area contributed by atoms with E-state index >= 15 is 0 Å². The van der Waals surface area contributed by atoms with E-state index in [0.717, 1.165) is 41.2 Å². The summed E-state index contributed by atoms with van der Waals surface area (Å²) < 4.78 is 1.18. The van der Waals surface area contributed by atoms with Gasteiger partial charge in [-0.1, -0.05) is 18.2 Å². The predicted octanol–water partition coefficient (Wildman–Crippen LogP) is 2.41. The molecule has 3 aromatic heterocycles. The molecule has 0 fully saturated rings. The molecule has 0 atom stereocenters. The fraction of sp³-hybridized carbons (Fsp3) is 0.143. The van der Waals surface area contributed by atoms with E-state index in [4.69, 9.17) is 5.73 Å². The number of rotatable bonds is 5. The monoisotopic (exact) mass is 414 g/mol. The molecule has 1 amide bonds. The molecule has 4 N–H and O–H groups in total. The molecule has 1 aliphatic rings. The quantitative estimate of drug-likeness (QED) is 0.455. The number of amides is 1. The average molecular weight is 414 g/mol. The highest BCUT2D eigenvalue weighted by molar-refractivity contribution is 6.07. The number of Topliss-reactive ketones (excluding diaryl/α,β-unsaturated/α-hetero) is 1. The molecule has 31 heavy (non-hydrogen) atoms. The Kier molecular flexibility index (Phi) is 4.51. The van der Waals surface area contributed by atoms with Crippen molar-refractivity contribution in [3.8, 4) is 17.1 Å². The number of benzene rings is 1. The van der Waals surface area contributed by atoms with Gasteiger partial charge in [0.1, 0.15) is 0 Å². The molecule has 1 aromatic carbocycles. The number of hydrogen-bond donors (Lipinski definition) is 3. The van der Waals surface area contributed by atoms with Gasteiger partial charge in [0, 0.05) is 29.6 Å². The van der Waals surface area contributed by atoms with Gasteiger partial charge in [-0.25, -0.2) is 4.98 Å². The Balaban J connectivity index is 1.65. The zero-order valence-electron chi connectivity index (χ0n) is 16.4. The molecular weight excluding hydrogens is 396 g/mol. The van der Waals surface area contributed by atoms with Crippen LogP contribution < -0.4 is 11.1 Å². The molecule has 0 unspecified atom stereocenters. The van der Waals surface area contributed by atoms with E-state index in [1.165, 1.54) is 4.68 Å². The number of para-hydroxylation sites is 1. The first-order valence-corrected chi connectivity index (χ1v) is 9.77. The maximum Gasteiger partial charge on any atom is 0.288 e. The molecular formula is C21H18N8O2. The van der Waals surface area contributed by atoms with Crippen LogP contribution in [0.4, 0.5) is 11.4 Å². The summed E-state index contributed by atoms with van der Waals surface area (Å²) in [4.78, 5) is 32.1. The molecule has 0 aliphatic heterocycles. The molecule has 3 heterocycles. The molecule has 0 saturated carbocycles. The van der Waals surface area contributed by atoms with Crippen LogP contribution >= 0.6 is 0 Å². The molecule has 10 heteroatoms. The number of aromatic amines is 1. The van der Waals surface area contributed by atoms with Crippen molar-refractivity contribution in [3.63, 3.8) is 0 Å². The number of primary amides is 1. The normalized spacial score (nSPS) is 13.1. The molecule has 0 radical (unpaired) electrons. The van der Waals surface area contributed by atoms with Gasteiger partial charge >= 0.3 is 0 Å². The van der Waals surface area contributed by atoms with E-state index in [0.29, 0.717) is 17.8 Å². The van der Waals surface area contributed by atoms with E-state index in [9.17, 15) is 9.59 Å². The van der Waals surface area contributed by atoms with Crippen LogP contribution in [0.2, 0.25) is 0 Å². The predicted molar refractivity (Wildman–Crippen MR) is 112 cm³/mol. The number of carbonyl (C=O) groups excluding carboxylic acids is 2. The lowest BCUT2D eigenvalue weighted by Crippen LogP contribution is -2.18. The number of carbonyl (C=O) groups is 2. The maximum absolute atomic E-state index is 12.8. The van der Waals surface area contributed by atoms with Gasteiger partial charge in [0.2, 0.25) is 5.82 Å². The number of anilines is 2. The van der Waals surface area contributed by atoms with Crippen LogP contribution in [-0.4, -0.2) is 41.9 Å². The summed E-state index contributed by atoms with van der Waals surface area (Å²) in [6.45, 7) is 0. The van der Waals surface area contributed by atoms with E-state index in [2.05, 4.69) is 30.8 Å².